The average Bonchev–Trinajstić information content (AvgIpc) is 3.24. The van der Waals surface area contributed by atoms with E-state index >= 15 is 0 Å². The molecule has 0 bridgehead atoms. The topological polar surface area (TPSA) is 85.8 Å². The Kier molecular flexibility index (Phi) is 5.05. The van der Waals surface area contributed by atoms with Gasteiger partial charge in [-0.25, -0.2) is 22.8 Å². The molecule has 152 valence electrons. The molecular weight excluding hydrogens is 399 g/mol. The molecule has 4 rings (SSSR count). The van der Waals surface area contributed by atoms with Crippen LogP contribution in [-0.4, -0.2) is 19.7 Å². The molecule has 10 heteroatoms. The minimum absolute atomic E-state index is 0.0419. The number of nitrogens with zero attached hydrogens (tertiary/aromatic N) is 4. The van der Waals surface area contributed by atoms with Crippen LogP contribution in [0.15, 0.2) is 58.2 Å². The van der Waals surface area contributed by atoms with E-state index in [4.69, 9.17) is 4.42 Å². The van der Waals surface area contributed by atoms with E-state index in [2.05, 4.69) is 20.4 Å². The third-order valence-corrected chi connectivity index (χ3v) is 4.31. The molecule has 0 saturated carbocycles. The number of rotatable bonds is 5. The molecule has 0 saturated heterocycles. The van der Waals surface area contributed by atoms with Crippen molar-refractivity contribution in [3.63, 3.8) is 0 Å². The maximum Gasteiger partial charge on any atom is 0.293 e. The van der Waals surface area contributed by atoms with Gasteiger partial charge in [-0.1, -0.05) is 6.07 Å². The monoisotopic (exact) mass is 413 g/mol. The number of oxazole rings is 1. The highest BCUT2D eigenvalue weighted by Crippen LogP contribution is 2.26. The SMILES string of the molecule is Cc1ccc(-c2ncco2)cc1Nc1nc(=O)cnn1Cc1cc(F)c(F)c(F)c1. The van der Waals surface area contributed by atoms with Crippen molar-refractivity contribution >= 4 is 11.6 Å². The van der Waals surface area contributed by atoms with E-state index in [9.17, 15) is 18.0 Å². The second kappa shape index (κ2) is 7.82. The zero-order valence-electron chi connectivity index (χ0n) is 15.6. The van der Waals surface area contributed by atoms with Crippen LogP contribution in [0.4, 0.5) is 24.8 Å². The number of benzene rings is 2. The summed E-state index contributed by atoms with van der Waals surface area (Å²) in [5, 5.41) is 6.97. The molecule has 2 heterocycles. The lowest BCUT2D eigenvalue weighted by atomic mass is 10.1. The summed E-state index contributed by atoms with van der Waals surface area (Å²) in [5.41, 5.74) is 1.61. The molecular formula is C20H14F3N5O2. The highest BCUT2D eigenvalue weighted by atomic mass is 19.2. The second-order valence-electron chi connectivity index (χ2n) is 6.44. The van der Waals surface area contributed by atoms with Crippen molar-refractivity contribution in [2.24, 2.45) is 0 Å². The minimum Gasteiger partial charge on any atom is -0.445 e. The van der Waals surface area contributed by atoms with Crippen molar-refractivity contribution in [3.8, 4) is 11.5 Å². The molecule has 1 N–H and O–H groups in total. The van der Waals surface area contributed by atoms with Gasteiger partial charge in [0.15, 0.2) is 17.5 Å². The molecule has 0 spiro atoms. The van der Waals surface area contributed by atoms with Gasteiger partial charge in [0.25, 0.3) is 5.56 Å². The second-order valence-corrected chi connectivity index (χ2v) is 6.44. The van der Waals surface area contributed by atoms with Crippen LogP contribution in [0.25, 0.3) is 11.5 Å². The van der Waals surface area contributed by atoms with E-state index in [0.717, 1.165) is 23.9 Å². The number of nitrogens with one attached hydrogen (secondary N) is 1. The first-order valence-electron chi connectivity index (χ1n) is 8.76. The van der Waals surface area contributed by atoms with Crippen molar-refractivity contribution in [1.82, 2.24) is 19.7 Å². The zero-order valence-corrected chi connectivity index (χ0v) is 15.6. The molecule has 0 radical (unpaired) electrons. The maximum atomic E-state index is 13.5. The van der Waals surface area contributed by atoms with Crippen LogP contribution in [0, 0.1) is 24.4 Å². The smallest absolute Gasteiger partial charge is 0.293 e. The predicted molar refractivity (Wildman–Crippen MR) is 102 cm³/mol. The third kappa shape index (κ3) is 3.93. The molecule has 0 aliphatic carbocycles. The molecule has 4 aromatic rings. The Morgan fingerprint density at radius 3 is 2.60 bits per heavy atom. The van der Waals surface area contributed by atoms with Crippen LogP contribution < -0.4 is 10.9 Å². The van der Waals surface area contributed by atoms with Gasteiger partial charge in [0.1, 0.15) is 12.5 Å². The quantitative estimate of drug-likeness (QED) is 0.501. The van der Waals surface area contributed by atoms with Crippen molar-refractivity contribution in [1.29, 1.82) is 0 Å². The summed E-state index contributed by atoms with van der Waals surface area (Å²) in [6.07, 6.45) is 3.94. The molecule has 2 aromatic carbocycles. The predicted octanol–water partition coefficient (Wildman–Crippen LogP) is 3.81. The van der Waals surface area contributed by atoms with E-state index < -0.39 is 23.0 Å². The Balaban J connectivity index is 1.70. The number of halogens is 3. The lowest BCUT2D eigenvalue weighted by Gasteiger charge is -2.14. The average molecular weight is 413 g/mol. The van der Waals surface area contributed by atoms with Gasteiger partial charge in [0.2, 0.25) is 11.8 Å². The largest absolute Gasteiger partial charge is 0.445 e. The van der Waals surface area contributed by atoms with Crippen LogP contribution in [-0.2, 0) is 6.54 Å². The highest BCUT2D eigenvalue weighted by Gasteiger charge is 2.14. The molecule has 0 atom stereocenters. The van der Waals surface area contributed by atoms with Crippen molar-refractivity contribution in [2.75, 3.05) is 5.32 Å². The third-order valence-electron chi connectivity index (χ3n) is 4.31. The molecule has 7 nitrogen and oxygen atoms in total. The van der Waals surface area contributed by atoms with Crippen molar-refractivity contribution < 1.29 is 17.6 Å². The number of aromatic nitrogens is 4. The first-order chi connectivity index (χ1) is 14.4. The maximum absolute atomic E-state index is 13.5. The fourth-order valence-corrected chi connectivity index (χ4v) is 2.82. The Morgan fingerprint density at radius 2 is 1.90 bits per heavy atom. The molecule has 2 aromatic heterocycles. The van der Waals surface area contributed by atoms with Crippen molar-refractivity contribution in [3.05, 3.63) is 87.9 Å². The van der Waals surface area contributed by atoms with Gasteiger partial charge in [-0.3, -0.25) is 4.79 Å². The Bertz CT molecular complexity index is 1250. The first-order valence-corrected chi connectivity index (χ1v) is 8.76. The van der Waals surface area contributed by atoms with Gasteiger partial charge in [-0.15, -0.1) is 0 Å². The lowest BCUT2D eigenvalue weighted by molar-refractivity contribution is 0.444. The fraction of sp³-hybridized carbons (Fsp3) is 0.100. The van der Waals surface area contributed by atoms with Crippen LogP contribution in [0.5, 0.6) is 0 Å². The lowest BCUT2D eigenvalue weighted by Crippen LogP contribution is -2.19. The van der Waals surface area contributed by atoms with E-state index in [1.54, 1.807) is 6.07 Å². The van der Waals surface area contributed by atoms with Gasteiger partial charge in [0.05, 0.1) is 12.7 Å². The Labute approximate surface area is 167 Å². The Morgan fingerprint density at radius 1 is 1.13 bits per heavy atom. The highest BCUT2D eigenvalue weighted by molar-refractivity contribution is 5.67. The van der Waals surface area contributed by atoms with Crippen LogP contribution in [0.1, 0.15) is 11.1 Å². The van der Waals surface area contributed by atoms with Gasteiger partial charge in [-0.2, -0.15) is 10.1 Å². The number of hydrogen-bond acceptors (Lipinski definition) is 6. The summed E-state index contributed by atoms with van der Waals surface area (Å²) in [6, 6.07) is 7.11. The molecule has 0 amide bonds. The van der Waals surface area contributed by atoms with E-state index in [1.807, 2.05) is 19.1 Å². The number of aryl methyl sites for hydroxylation is 1. The van der Waals surface area contributed by atoms with Gasteiger partial charge in [0, 0.05) is 11.3 Å². The molecule has 0 aliphatic rings. The normalized spacial score (nSPS) is 10.9. The molecule has 0 unspecified atom stereocenters. The fourth-order valence-electron chi connectivity index (χ4n) is 2.82. The summed E-state index contributed by atoms with van der Waals surface area (Å²) in [7, 11) is 0. The summed E-state index contributed by atoms with van der Waals surface area (Å²) in [6.45, 7) is 1.69. The standard InChI is InChI=1S/C20H14F3N5O2/c1-11-2-3-13(19-24-4-5-30-19)8-16(11)26-20-27-17(29)9-25-28(20)10-12-6-14(21)18(23)15(22)7-12/h2-9H,10H2,1H3,(H,26,27,29). The summed E-state index contributed by atoms with van der Waals surface area (Å²) < 4.78 is 46.8. The van der Waals surface area contributed by atoms with Gasteiger partial charge in [-0.05, 0) is 42.3 Å². The van der Waals surface area contributed by atoms with Crippen molar-refractivity contribution in [2.45, 2.75) is 13.5 Å². The summed E-state index contributed by atoms with van der Waals surface area (Å²) in [5.74, 6) is -3.74. The van der Waals surface area contributed by atoms with Crippen LogP contribution in [0.2, 0.25) is 0 Å². The van der Waals surface area contributed by atoms with E-state index in [-0.39, 0.29) is 18.1 Å². The minimum atomic E-state index is -1.55. The number of hydrogen-bond donors (Lipinski definition) is 1. The van der Waals surface area contributed by atoms with Crippen LogP contribution >= 0.6 is 0 Å². The first kappa shape index (κ1) is 19.4. The van der Waals surface area contributed by atoms with Crippen LogP contribution in [0.3, 0.4) is 0 Å². The summed E-state index contributed by atoms with van der Waals surface area (Å²) >= 11 is 0. The Hall–Kier alpha value is -3.95. The molecule has 0 aliphatic heterocycles. The van der Waals surface area contributed by atoms with E-state index in [0.29, 0.717) is 17.1 Å². The molecule has 30 heavy (non-hydrogen) atoms. The van der Waals surface area contributed by atoms with Gasteiger partial charge >= 0.3 is 0 Å². The zero-order chi connectivity index (χ0) is 21.3. The summed E-state index contributed by atoms with van der Waals surface area (Å²) in [4.78, 5) is 19.7. The van der Waals surface area contributed by atoms with Gasteiger partial charge < -0.3 is 9.73 Å². The molecule has 0 fully saturated rings. The van der Waals surface area contributed by atoms with E-state index in [1.165, 1.54) is 17.1 Å². The number of anilines is 2.